The van der Waals surface area contributed by atoms with Crippen LogP contribution in [0.2, 0.25) is 0 Å². The first-order valence-electron chi connectivity index (χ1n) is 3.24. The summed E-state index contributed by atoms with van der Waals surface area (Å²) in [6.45, 7) is 0. The van der Waals surface area contributed by atoms with Gasteiger partial charge in [0.05, 0.1) is 0 Å². The summed E-state index contributed by atoms with van der Waals surface area (Å²) in [5.74, 6) is 0.196. The lowest BCUT2D eigenvalue weighted by Crippen LogP contribution is -1.99. The molecule has 0 N–H and O–H groups in total. The standard InChI is InChI=1S/C7H4BrClF2IN/c8-4-2-13-6(7(10)11)5(12)3(4)1-9/h2,7H,1H2. The third-order valence-corrected chi connectivity index (χ3v) is 3.59. The second-order valence-corrected chi connectivity index (χ2v) is 4.42. The first-order chi connectivity index (χ1) is 6.07. The molecule has 0 saturated heterocycles. The summed E-state index contributed by atoms with van der Waals surface area (Å²) in [7, 11) is 0. The van der Waals surface area contributed by atoms with Gasteiger partial charge in [-0.15, -0.1) is 11.6 Å². The maximum Gasteiger partial charge on any atom is 0.281 e. The van der Waals surface area contributed by atoms with Gasteiger partial charge in [0.25, 0.3) is 6.43 Å². The van der Waals surface area contributed by atoms with Crippen LogP contribution in [0.3, 0.4) is 0 Å². The average molecular weight is 382 g/mol. The van der Waals surface area contributed by atoms with E-state index < -0.39 is 6.43 Å². The van der Waals surface area contributed by atoms with Crippen molar-refractivity contribution in [2.45, 2.75) is 12.3 Å². The molecule has 1 heterocycles. The topological polar surface area (TPSA) is 12.9 Å². The van der Waals surface area contributed by atoms with Crippen LogP contribution in [-0.2, 0) is 5.88 Å². The monoisotopic (exact) mass is 381 g/mol. The van der Waals surface area contributed by atoms with Crippen molar-refractivity contribution in [2.75, 3.05) is 0 Å². The highest BCUT2D eigenvalue weighted by Crippen LogP contribution is 2.30. The summed E-state index contributed by atoms with van der Waals surface area (Å²) >= 11 is 10.6. The van der Waals surface area contributed by atoms with E-state index in [0.29, 0.717) is 13.6 Å². The molecule has 0 saturated carbocycles. The minimum atomic E-state index is -2.55. The SMILES string of the molecule is FC(F)c1ncc(Br)c(CCl)c1I. The fourth-order valence-electron chi connectivity index (χ4n) is 0.795. The Bertz CT molecular complexity index is 322. The van der Waals surface area contributed by atoms with Gasteiger partial charge in [0.2, 0.25) is 0 Å². The Kier molecular flexibility index (Phi) is 4.31. The molecule has 1 rings (SSSR count). The third kappa shape index (κ3) is 2.50. The van der Waals surface area contributed by atoms with Gasteiger partial charge in [-0.1, -0.05) is 0 Å². The number of hydrogen-bond acceptors (Lipinski definition) is 1. The quantitative estimate of drug-likeness (QED) is 0.554. The molecule has 72 valence electrons. The third-order valence-electron chi connectivity index (χ3n) is 1.44. The van der Waals surface area contributed by atoms with Crippen molar-refractivity contribution in [3.8, 4) is 0 Å². The molecule has 0 radical (unpaired) electrons. The fraction of sp³-hybridized carbons (Fsp3) is 0.286. The van der Waals surface area contributed by atoms with E-state index in [2.05, 4.69) is 20.9 Å². The molecule has 1 aromatic heterocycles. The number of aromatic nitrogens is 1. The fourth-order valence-corrected chi connectivity index (χ4v) is 3.13. The second-order valence-electron chi connectivity index (χ2n) is 2.22. The normalized spacial score (nSPS) is 10.9. The smallest absolute Gasteiger partial charge is 0.253 e. The van der Waals surface area contributed by atoms with Crippen LogP contribution in [0.4, 0.5) is 8.78 Å². The zero-order valence-electron chi connectivity index (χ0n) is 6.20. The number of hydrogen-bond donors (Lipinski definition) is 0. The molecule has 1 aromatic rings. The Morgan fingerprint density at radius 3 is 2.69 bits per heavy atom. The number of nitrogens with zero attached hydrogens (tertiary/aromatic N) is 1. The van der Waals surface area contributed by atoms with Crippen LogP contribution in [-0.4, -0.2) is 4.98 Å². The van der Waals surface area contributed by atoms with Gasteiger partial charge in [0.15, 0.2) is 0 Å². The molecular weight excluding hydrogens is 378 g/mol. The van der Waals surface area contributed by atoms with E-state index in [4.69, 9.17) is 11.6 Å². The van der Waals surface area contributed by atoms with Crippen molar-refractivity contribution >= 4 is 50.1 Å². The van der Waals surface area contributed by atoms with Crippen LogP contribution >= 0.6 is 50.1 Å². The molecule has 0 spiro atoms. The maximum atomic E-state index is 12.4. The number of rotatable bonds is 2. The summed E-state index contributed by atoms with van der Waals surface area (Å²) in [4.78, 5) is 3.62. The van der Waals surface area contributed by atoms with Crippen LogP contribution < -0.4 is 0 Å². The minimum absolute atomic E-state index is 0.196. The van der Waals surface area contributed by atoms with Crippen LogP contribution in [0, 0.1) is 3.57 Å². The minimum Gasteiger partial charge on any atom is -0.253 e. The Morgan fingerprint density at radius 2 is 2.23 bits per heavy atom. The molecule has 13 heavy (non-hydrogen) atoms. The molecule has 6 heteroatoms. The lowest BCUT2D eigenvalue weighted by atomic mass is 10.2. The molecule has 0 aliphatic carbocycles. The molecule has 0 unspecified atom stereocenters. The summed E-state index contributed by atoms with van der Waals surface area (Å²) in [6.07, 6.45) is -1.21. The Hall–Kier alpha value is 0.510. The van der Waals surface area contributed by atoms with Crippen LogP contribution in [0.5, 0.6) is 0 Å². The molecule has 0 amide bonds. The predicted molar refractivity (Wildman–Crippen MR) is 59.2 cm³/mol. The average Bonchev–Trinajstić information content (AvgIpc) is 2.04. The molecule has 0 atom stereocenters. The summed E-state index contributed by atoms with van der Waals surface area (Å²) < 4.78 is 25.8. The molecular formula is C7H4BrClF2IN. The first-order valence-corrected chi connectivity index (χ1v) is 5.65. The molecule has 0 bridgehead atoms. The lowest BCUT2D eigenvalue weighted by Gasteiger charge is -2.07. The first kappa shape index (κ1) is 11.6. The number of pyridine rings is 1. The van der Waals surface area contributed by atoms with Gasteiger partial charge in [-0.3, -0.25) is 4.98 Å². The van der Waals surface area contributed by atoms with Crippen molar-refractivity contribution in [1.82, 2.24) is 4.98 Å². The van der Waals surface area contributed by atoms with Gasteiger partial charge in [-0.2, -0.15) is 0 Å². The molecule has 0 aliphatic rings. The summed E-state index contributed by atoms with van der Waals surface area (Å²) in [5.41, 5.74) is 0.451. The van der Waals surface area contributed by atoms with E-state index in [0.717, 1.165) is 0 Å². The second kappa shape index (κ2) is 4.84. The van der Waals surface area contributed by atoms with Gasteiger partial charge < -0.3 is 0 Å². The van der Waals surface area contributed by atoms with Crippen LogP contribution in [0.1, 0.15) is 17.7 Å². The zero-order valence-corrected chi connectivity index (χ0v) is 10.7. The van der Waals surface area contributed by atoms with Crippen molar-refractivity contribution in [3.05, 3.63) is 25.5 Å². The summed E-state index contributed by atoms with van der Waals surface area (Å²) in [5, 5.41) is 0. The van der Waals surface area contributed by atoms with Gasteiger partial charge in [-0.25, -0.2) is 8.78 Å². The van der Waals surface area contributed by atoms with E-state index in [1.54, 1.807) is 0 Å². The zero-order chi connectivity index (χ0) is 10.0. The molecule has 1 nitrogen and oxygen atoms in total. The van der Waals surface area contributed by atoms with E-state index in [9.17, 15) is 8.78 Å². The van der Waals surface area contributed by atoms with E-state index in [-0.39, 0.29) is 11.6 Å². The highest BCUT2D eigenvalue weighted by atomic mass is 127. The van der Waals surface area contributed by atoms with E-state index in [1.165, 1.54) is 6.20 Å². The Labute approximate surface area is 101 Å². The van der Waals surface area contributed by atoms with Crippen molar-refractivity contribution in [1.29, 1.82) is 0 Å². The number of halogens is 5. The van der Waals surface area contributed by atoms with Gasteiger partial charge >= 0.3 is 0 Å². The van der Waals surface area contributed by atoms with E-state index >= 15 is 0 Å². The Balaban J connectivity index is 3.27. The van der Waals surface area contributed by atoms with Crippen LogP contribution in [0.25, 0.3) is 0 Å². The highest BCUT2D eigenvalue weighted by molar-refractivity contribution is 14.1. The van der Waals surface area contributed by atoms with Crippen molar-refractivity contribution in [3.63, 3.8) is 0 Å². The summed E-state index contributed by atoms with van der Waals surface area (Å²) in [6, 6.07) is 0. The predicted octanol–water partition coefficient (Wildman–Crippen LogP) is 4.13. The molecule has 0 fully saturated rings. The van der Waals surface area contributed by atoms with Gasteiger partial charge in [0, 0.05) is 20.1 Å². The molecule has 0 aromatic carbocycles. The van der Waals surface area contributed by atoms with Crippen LogP contribution in [0.15, 0.2) is 10.7 Å². The van der Waals surface area contributed by atoms with Crippen molar-refractivity contribution < 1.29 is 8.78 Å². The van der Waals surface area contributed by atoms with Gasteiger partial charge in [-0.05, 0) is 44.1 Å². The number of alkyl halides is 3. The maximum absolute atomic E-state index is 12.4. The Morgan fingerprint density at radius 1 is 1.62 bits per heavy atom. The highest BCUT2D eigenvalue weighted by Gasteiger charge is 2.17. The van der Waals surface area contributed by atoms with Crippen molar-refractivity contribution in [2.24, 2.45) is 0 Å². The molecule has 0 aliphatic heterocycles. The van der Waals surface area contributed by atoms with Gasteiger partial charge in [0.1, 0.15) is 5.69 Å². The largest absolute Gasteiger partial charge is 0.281 e. The lowest BCUT2D eigenvalue weighted by molar-refractivity contribution is 0.145. The van der Waals surface area contributed by atoms with E-state index in [1.807, 2.05) is 22.6 Å².